The van der Waals surface area contributed by atoms with Crippen molar-refractivity contribution < 1.29 is 9.26 Å². The smallest absolute Gasteiger partial charge is 0.374 e. The van der Waals surface area contributed by atoms with Gasteiger partial charge in [-0.25, -0.2) is 14.8 Å². The summed E-state index contributed by atoms with van der Waals surface area (Å²) in [4.78, 5) is 31.8. The van der Waals surface area contributed by atoms with Crippen LogP contribution in [0, 0.1) is 11.8 Å². The molecule has 2 aliphatic carbocycles. The van der Waals surface area contributed by atoms with E-state index in [0.29, 0.717) is 34.9 Å². The number of aromatic nitrogens is 6. The van der Waals surface area contributed by atoms with Crippen LogP contribution in [-0.4, -0.2) is 55.0 Å². The Morgan fingerprint density at radius 3 is 2.73 bits per heavy atom. The van der Waals surface area contributed by atoms with Crippen LogP contribution in [-0.2, 0) is 11.3 Å². The Bertz CT molecular complexity index is 1570. The Labute approximate surface area is 237 Å². The maximum absolute atomic E-state index is 11.8. The molecule has 2 atom stereocenters. The standard InChI is InChI=1S/C29H34ClN7O3/c1-17-9-11-18(12-10-17)16-37-24-23(19-5-4-6-20(30)15-19)31-26(27-34-29(38)40-35-27)32-25(24)33-28(37)36-13-14-39-22-8-3-2-7-21(22)36/h4-6,15,17-18,21-22H,2-3,7-14,16H2,1H3,(H,34,35,38)/t17-,18-,21?,22?. The van der Waals surface area contributed by atoms with E-state index >= 15 is 0 Å². The molecule has 0 radical (unpaired) electrons. The molecule has 4 aromatic rings. The second kappa shape index (κ2) is 10.6. The van der Waals surface area contributed by atoms with Crippen molar-refractivity contribution in [2.24, 2.45) is 11.8 Å². The summed E-state index contributed by atoms with van der Waals surface area (Å²) in [6, 6.07) is 7.96. The summed E-state index contributed by atoms with van der Waals surface area (Å²) in [5.41, 5.74) is 3.02. The summed E-state index contributed by atoms with van der Waals surface area (Å²) in [6.45, 7) is 4.68. The van der Waals surface area contributed by atoms with Gasteiger partial charge in [0.05, 0.1) is 18.8 Å². The zero-order valence-corrected chi connectivity index (χ0v) is 23.4. The predicted molar refractivity (Wildman–Crippen MR) is 152 cm³/mol. The second-order valence-electron chi connectivity index (χ2n) is 11.6. The number of anilines is 1. The minimum Gasteiger partial charge on any atom is -0.374 e. The first-order valence-corrected chi connectivity index (χ1v) is 14.9. The molecule has 2 saturated carbocycles. The van der Waals surface area contributed by atoms with Gasteiger partial charge in [0.1, 0.15) is 11.2 Å². The molecule has 4 heterocycles. The number of nitrogens with zero attached hydrogens (tertiary/aromatic N) is 6. The number of morpholine rings is 1. The van der Waals surface area contributed by atoms with Crippen LogP contribution in [0.3, 0.4) is 0 Å². The molecule has 0 amide bonds. The Morgan fingerprint density at radius 1 is 1.07 bits per heavy atom. The van der Waals surface area contributed by atoms with Crippen LogP contribution in [0.4, 0.5) is 5.95 Å². The lowest BCUT2D eigenvalue weighted by molar-refractivity contribution is -0.00958. The highest BCUT2D eigenvalue weighted by atomic mass is 35.5. The third-order valence-corrected chi connectivity index (χ3v) is 9.13. The molecule has 7 rings (SSSR count). The number of benzene rings is 1. The Balaban J connectivity index is 1.44. The SMILES string of the molecule is C[C@H]1CC[C@H](Cn2c(N3CCOC4CCCCC43)nc3nc(-c4noc(=O)[nH]4)nc(-c4cccc(Cl)c4)c32)CC1. The van der Waals surface area contributed by atoms with E-state index in [4.69, 9.17) is 35.8 Å². The van der Waals surface area contributed by atoms with E-state index in [1.165, 1.54) is 38.5 Å². The van der Waals surface area contributed by atoms with Crippen molar-refractivity contribution in [2.75, 3.05) is 18.1 Å². The first-order valence-electron chi connectivity index (χ1n) is 14.5. The molecule has 40 heavy (non-hydrogen) atoms. The van der Waals surface area contributed by atoms with Crippen molar-refractivity contribution >= 4 is 28.7 Å². The Morgan fingerprint density at radius 2 is 1.93 bits per heavy atom. The normalized spacial score (nSPS) is 25.3. The first kappa shape index (κ1) is 25.7. The number of halogens is 1. The van der Waals surface area contributed by atoms with Gasteiger partial charge in [-0.1, -0.05) is 61.5 Å². The molecule has 1 N–H and O–H groups in total. The van der Waals surface area contributed by atoms with Crippen molar-refractivity contribution in [2.45, 2.75) is 77.0 Å². The van der Waals surface area contributed by atoms with Gasteiger partial charge in [0.2, 0.25) is 17.6 Å². The monoisotopic (exact) mass is 563 g/mol. The molecule has 3 fully saturated rings. The highest BCUT2D eigenvalue weighted by Gasteiger charge is 2.37. The topological polar surface area (TPSA) is 115 Å². The lowest BCUT2D eigenvalue weighted by Gasteiger charge is -2.44. The van der Waals surface area contributed by atoms with Gasteiger partial charge in [-0.15, -0.1) is 0 Å². The maximum atomic E-state index is 11.8. The van der Waals surface area contributed by atoms with Crippen molar-refractivity contribution in [3.63, 3.8) is 0 Å². The predicted octanol–water partition coefficient (Wildman–Crippen LogP) is 5.46. The van der Waals surface area contributed by atoms with Gasteiger partial charge in [-0.05, 0) is 49.7 Å². The number of H-pyrrole nitrogens is 1. The second-order valence-corrected chi connectivity index (χ2v) is 12.1. The van der Waals surface area contributed by atoms with Crippen molar-refractivity contribution in [3.05, 3.63) is 39.8 Å². The number of ether oxygens (including phenoxy) is 1. The van der Waals surface area contributed by atoms with Crippen LogP contribution < -0.4 is 10.7 Å². The van der Waals surface area contributed by atoms with Crippen LogP contribution in [0.15, 0.2) is 33.6 Å². The van der Waals surface area contributed by atoms with Crippen LogP contribution in [0.25, 0.3) is 34.1 Å². The molecule has 1 saturated heterocycles. The van der Waals surface area contributed by atoms with Gasteiger partial charge in [-0.2, -0.15) is 4.98 Å². The van der Waals surface area contributed by atoms with Crippen LogP contribution in [0.2, 0.25) is 5.02 Å². The summed E-state index contributed by atoms with van der Waals surface area (Å²) in [5.74, 6) is 2.03. The Kier molecular flexibility index (Phi) is 6.83. The lowest BCUT2D eigenvalue weighted by Crippen LogP contribution is -2.53. The summed E-state index contributed by atoms with van der Waals surface area (Å²) >= 11 is 6.46. The molecule has 1 aliphatic heterocycles. The minimum atomic E-state index is -0.655. The number of rotatable bonds is 5. The third kappa shape index (κ3) is 4.81. The molecule has 3 aromatic heterocycles. The van der Waals surface area contributed by atoms with E-state index in [1.807, 2.05) is 24.3 Å². The fourth-order valence-corrected chi connectivity index (χ4v) is 6.99. The summed E-state index contributed by atoms with van der Waals surface area (Å²) in [6.07, 6.45) is 9.68. The van der Waals surface area contributed by atoms with E-state index in [9.17, 15) is 4.79 Å². The number of fused-ring (bicyclic) bond motifs is 2. The number of hydrogen-bond acceptors (Lipinski definition) is 8. The van der Waals surface area contributed by atoms with Crippen molar-refractivity contribution in [1.82, 2.24) is 29.7 Å². The summed E-state index contributed by atoms with van der Waals surface area (Å²) < 4.78 is 13.4. The van der Waals surface area contributed by atoms with Gasteiger partial charge in [-0.3, -0.25) is 9.51 Å². The Hall–Kier alpha value is -3.24. The highest BCUT2D eigenvalue weighted by Crippen LogP contribution is 2.39. The maximum Gasteiger partial charge on any atom is 0.439 e. The van der Waals surface area contributed by atoms with E-state index in [-0.39, 0.29) is 17.8 Å². The zero-order chi connectivity index (χ0) is 27.2. The van der Waals surface area contributed by atoms with E-state index in [0.717, 1.165) is 48.9 Å². The van der Waals surface area contributed by atoms with Crippen LogP contribution in [0.1, 0.15) is 58.3 Å². The molecule has 0 bridgehead atoms. The third-order valence-electron chi connectivity index (χ3n) is 8.90. The number of aromatic amines is 1. The van der Waals surface area contributed by atoms with E-state index in [2.05, 4.69) is 26.5 Å². The van der Waals surface area contributed by atoms with Gasteiger partial charge >= 0.3 is 5.76 Å². The molecular weight excluding hydrogens is 530 g/mol. The summed E-state index contributed by atoms with van der Waals surface area (Å²) in [5, 5.41) is 4.48. The first-order chi connectivity index (χ1) is 19.5. The number of hydrogen-bond donors (Lipinski definition) is 1. The van der Waals surface area contributed by atoms with Gasteiger partial charge in [0, 0.05) is 23.7 Å². The fourth-order valence-electron chi connectivity index (χ4n) is 6.80. The van der Waals surface area contributed by atoms with Crippen molar-refractivity contribution in [3.8, 4) is 22.9 Å². The van der Waals surface area contributed by atoms with Crippen LogP contribution >= 0.6 is 11.6 Å². The molecule has 1 aromatic carbocycles. The number of imidazole rings is 1. The van der Waals surface area contributed by atoms with Gasteiger partial charge < -0.3 is 14.2 Å². The minimum absolute atomic E-state index is 0.172. The average Bonchev–Trinajstić information content (AvgIpc) is 3.57. The molecule has 10 nitrogen and oxygen atoms in total. The largest absolute Gasteiger partial charge is 0.439 e. The molecule has 11 heteroatoms. The molecule has 2 unspecified atom stereocenters. The molecular formula is C29H34ClN7O3. The van der Waals surface area contributed by atoms with Crippen LogP contribution in [0.5, 0.6) is 0 Å². The number of nitrogens with one attached hydrogen (secondary N) is 1. The quantitative estimate of drug-likeness (QED) is 0.340. The molecule has 3 aliphatic rings. The van der Waals surface area contributed by atoms with E-state index < -0.39 is 5.76 Å². The lowest BCUT2D eigenvalue weighted by atomic mass is 9.83. The fraction of sp³-hybridized carbons (Fsp3) is 0.552. The van der Waals surface area contributed by atoms with Crippen molar-refractivity contribution in [1.29, 1.82) is 0 Å². The molecule has 0 spiro atoms. The van der Waals surface area contributed by atoms with E-state index in [1.54, 1.807) is 0 Å². The van der Waals surface area contributed by atoms with Gasteiger partial charge in [0.25, 0.3) is 0 Å². The zero-order valence-electron chi connectivity index (χ0n) is 22.7. The van der Waals surface area contributed by atoms with Gasteiger partial charge in [0.15, 0.2) is 5.65 Å². The highest BCUT2D eigenvalue weighted by molar-refractivity contribution is 6.30. The average molecular weight is 564 g/mol. The molecule has 210 valence electrons. The summed E-state index contributed by atoms with van der Waals surface area (Å²) in [7, 11) is 0.